The van der Waals surface area contributed by atoms with Gasteiger partial charge in [-0.2, -0.15) is 0 Å². The molecule has 3 heterocycles. The number of nitrogen functional groups attached to an aromatic ring is 1. The molecule has 3 aromatic heterocycles. The van der Waals surface area contributed by atoms with Gasteiger partial charge in [-0.1, -0.05) is 55.5 Å². The van der Waals surface area contributed by atoms with Crippen LogP contribution in [0.5, 0.6) is 17.2 Å². The van der Waals surface area contributed by atoms with E-state index < -0.39 is 5.97 Å². The molecule has 0 aliphatic rings. The molecule has 0 spiro atoms. The maximum atomic E-state index is 12.5. The van der Waals surface area contributed by atoms with E-state index in [-0.39, 0.29) is 17.9 Å². The molecule has 4 aromatic carbocycles. The summed E-state index contributed by atoms with van der Waals surface area (Å²) in [7, 11) is 0. The van der Waals surface area contributed by atoms with Gasteiger partial charge in [-0.3, -0.25) is 0 Å². The molecule has 7 aromatic rings. The molecule has 0 radical (unpaired) electrons. The molecule has 0 bridgehead atoms. The van der Waals surface area contributed by atoms with E-state index in [1.165, 1.54) is 0 Å². The summed E-state index contributed by atoms with van der Waals surface area (Å²) in [6.07, 6.45) is 2.57. The first kappa shape index (κ1) is 43.6. The molecule has 62 heavy (non-hydrogen) atoms. The third kappa shape index (κ3) is 10.3. The number of benzene rings is 4. The van der Waals surface area contributed by atoms with Crippen LogP contribution in [0.1, 0.15) is 34.0 Å². The Labute approximate surface area is 360 Å². The highest BCUT2D eigenvalue weighted by molar-refractivity contribution is 6.07. The molecule has 4 N–H and O–H groups in total. The molecule has 0 amide bonds. The molecule has 13 heteroatoms. The summed E-state index contributed by atoms with van der Waals surface area (Å²) >= 11 is 0. The lowest BCUT2D eigenvalue weighted by atomic mass is 9.92. The number of aromatic nitrogens is 2. The van der Waals surface area contributed by atoms with Crippen LogP contribution < -0.4 is 15.2 Å². The first-order chi connectivity index (χ1) is 30.2. The second kappa shape index (κ2) is 20.8. The Hall–Kier alpha value is -6.51. The average Bonchev–Trinajstić information content (AvgIpc) is 3.62. The van der Waals surface area contributed by atoms with Gasteiger partial charge in [-0.25, -0.2) is 14.8 Å². The maximum absolute atomic E-state index is 12.5. The van der Waals surface area contributed by atoms with Gasteiger partial charge < -0.3 is 48.8 Å². The Balaban J connectivity index is 0.757. The Morgan fingerprint density at radius 3 is 1.98 bits per heavy atom. The predicted molar refractivity (Wildman–Crippen MR) is 238 cm³/mol. The van der Waals surface area contributed by atoms with E-state index in [4.69, 9.17) is 43.6 Å². The van der Waals surface area contributed by atoms with Gasteiger partial charge in [0.25, 0.3) is 0 Å². The van der Waals surface area contributed by atoms with Crippen LogP contribution in [0.15, 0.2) is 102 Å². The van der Waals surface area contributed by atoms with Crippen molar-refractivity contribution < 1.29 is 47.8 Å². The number of aromatic hydroxyl groups is 1. The van der Waals surface area contributed by atoms with Gasteiger partial charge in [0.15, 0.2) is 5.76 Å². The van der Waals surface area contributed by atoms with Crippen molar-refractivity contribution in [2.75, 3.05) is 71.8 Å². The third-order valence-electron chi connectivity index (χ3n) is 10.4. The summed E-state index contributed by atoms with van der Waals surface area (Å²) < 4.78 is 40.6. The monoisotopic (exact) mass is 841 g/mol. The van der Waals surface area contributed by atoms with E-state index in [2.05, 4.69) is 11.9 Å². The minimum Gasteiger partial charge on any atom is -0.508 e. The number of fused-ring (bicyclic) bond motifs is 2. The van der Waals surface area contributed by atoms with Gasteiger partial charge in [0.05, 0.1) is 69.3 Å². The van der Waals surface area contributed by atoms with Crippen LogP contribution in [0.3, 0.4) is 0 Å². The Morgan fingerprint density at radius 1 is 0.742 bits per heavy atom. The van der Waals surface area contributed by atoms with E-state index in [1.807, 2.05) is 80.6 Å². The molecule has 0 atom stereocenters. The summed E-state index contributed by atoms with van der Waals surface area (Å²) in [5.74, 6) is 1.27. The van der Waals surface area contributed by atoms with Crippen LogP contribution in [0, 0.1) is 13.8 Å². The third-order valence-corrected chi connectivity index (χ3v) is 10.4. The summed E-state index contributed by atoms with van der Waals surface area (Å²) in [6, 6.07) is 27.7. The number of carboxylic acids is 1. The second-order valence-corrected chi connectivity index (χ2v) is 14.5. The normalized spacial score (nSPS) is 11.4. The molecule has 0 saturated carbocycles. The standard InChI is InChI=1S/C49H51N3O10/c1-4-37-40(30-51-48(50)44(37)34-10-14-35(53)15-11-34)33-12-16-36(17-13-33)60-27-25-58-23-21-56-19-20-57-22-24-59-26-28-61-43-18-9-31(2)46-45(43)39(49(54)55)29-41(52-46)47-32(3)38-7-5-6-8-42(38)62-47/h5-18,29-30,53H,4,19-28H2,1-3H3,(H2,50,51)(H,54,55). The number of aryl methyl sites for hydroxylation is 2. The quantitative estimate of drug-likeness (QED) is 0.0551. The van der Waals surface area contributed by atoms with Crippen LogP contribution in [-0.4, -0.2) is 92.2 Å². The molecule has 0 saturated heterocycles. The van der Waals surface area contributed by atoms with Gasteiger partial charge in [-0.05, 0) is 85.0 Å². The zero-order valence-corrected chi connectivity index (χ0v) is 35.1. The zero-order valence-electron chi connectivity index (χ0n) is 35.1. The number of rotatable bonds is 22. The fourth-order valence-corrected chi connectivity index (χ4v) is 7.32. The van der Waals surface area contributed by atoms with Crippen LogP contribution in [-0.2, 0) is 25.4 Å². The van der Waals surface area contributed by atoms with Crippen molar-refractivity contribution in [1.29, 1.82) is 0 Å². The Bertz CT molecular complexity index is 2610. The summed E-state index contributed by atoms with van der Waals surface area (Å²) in [6.45, 7) is 9.71. The topological polar surface area (TPSA) is 178 Å². The zero-order chi connectivity index (χ0) is 43.4. The van der Waals surface area contributed by atoms with Crippen molar-refractivity contribution in [3.05, 3.63) is 119 Å². The predicted octanol–water partition coefficient (Wildman–Crippen LogP) is 9.07. The summed E-state index contributed by atoms with van der Waals surface area (Å²) in [4.78, 5) is 21.8. The lowest BCUT2D eigenvalue weighted by Crippen LogP contribution is -2.15. The number of furan rings is 1. The largest absolute Gasteiger partial charge is 0.508 e. The van der Waals surface area contributed by atoms with Crippen molar-refractivity contribution in [2.24, 2.45) is 0 Å². The molecule has 0 aliphatic carbocycles. The number of anilines is 1. The number of nitrogens with two attached hydrogens (primary N) is 1. The van der Waals surface area contributed by atoms with Gasteiger partial charge in [-0.15, -0.1) is 0 Å². The van der Waals surface area contributed by atoms with E-state index >= 15 is 0 Å². The molecular weight excluding hydrogens is 791 g/mol. The number of nitrogens with zero attached hydrogens (tertiary/aromatic N) is 2. The number of phenols is 1. The fourth-order valence-electron chi connectivity index (χ4n) is 7.32. The molecule has 13 nitrogen and oxygen atoms in total. The Morgan fingerprint density at radius 2 is 1.35 bits per heavy atom. The lowest BCUT2D eigenvalue weighted by molar-refractivity contribution is -0.00695. The number of aromatic carboxylic acids is 1. The highest BCUT2D eigenvalue weighted by atomic mass is 16.6. The molecular formula is C49H51N3O10. The first-order valence-corrected chi connectivity index (χ1v) is 20.6. The second-order valence-electron chi connectivity index (χ2n) is 14.5. The van der Waals surface area contributed by atoms with Crippen molar-refractivity contribution in [2.45, 2.75) is 27.2 Å². The molecule has 0 unspecified atom stereocenters. The number of carbonyl (C=O) groups is 1. The summed E-state index contributed by atoms with van der Waals surface area (Å²) in [5.41, 5.74) is 14.7. The maximum Gasteiger partial charge on any atom is 0.336 e. The Kier molecular flexibility index (Phi) is 14.6. The van der Waals surface area contributed by atoms with Crippen LogP contribution in [0.4, 0.5) is 5.82 Å². The number of phenolic OH excluding ortho intramolecular Hbond substituents is 1. The fraction of sp³-hybridized carbons (Fsp3) is 0.286. The smallest absolute Gasteiger partial charge is 0.336 e. The number of ether oxygens (including phenoxy) is 6. The van der Waals surface area contributed by atoms with Crippen LogP contribution >= 0.6 is 0 Å². The lowest BCUT2D eigenvalue weighted by Gasteiger charge is -2.16. The van der Waals surface area contributed by atoms with Gasteiger partial charge in [0, 0.05) is 28.3 Å². The minimum absolute atomic E-state index is 0.0848. The summed E-state index contributed by atoms with van der Waals surface area (Å²) in [5, 5.41) is 21.3. The van der Waals surface area contributed by atoms with Gasteiger partial charge in [0.1, 0.15) is 47.6 Å². The van der Waals surface area contributed by atoms with Crippen molar-refractivity contribution in [1.82, 2.24) is 9.97 Å². The molecule has 0 aliphatic heterocycles. The molecule has 7 rings (SSSR count). The van der Waals surface area contributed by atoms with E-state index in [0.29, 0.717) is 93.4 Å². The van der Waals surface area contributed by atoms with Crippen LogP contribution in [0.2, 0.25) is 0 Å². The number of hydrogen-bond donors (Lipinski definition) is 3. The molecule has 0 fully saturated rings. The van der Waals surface area contributed by atoms with Gasteiger partial charge in [0.2, 0.25) is 0 Å². The van der Waals surface area contributed by atoms with Crippen molar-refractivity contribution in [3.8, 4) is 51.0 Å². The number of hydrogen-bond acceptors (Lipinski definition) is 12. The van der Waals surface area contributed by atoms with Crippen molar-refractivity contribution >= 4 is 33.7 Å². The molecule has 322 valence electrons. The van der Waals surface area contributed by atoms with E-state index in [0.717, 1.165) is 62.1 Å². The van der Waals surface area contributed by atoms with E-state index in [9.17, 15) is 15.0 Å². The number of para-hydroxylation sites is 1. The van der Waals surface area contributed by atoms with Gasteiger partial charge >= 0.3 is 5.97 Å². The van der Waals surface area contributed by atoms with E-state index in [1.54, 1.807) is 30.5 Å². The van der Waals surface area contributed by atoms with Crippen LogP contribution in [0.25, 0.3) is 55.6 Å². The highest BCUT2D eigenvalue weighted by Crippen LogP contribution is 2.38. The minimum atomic E-state index is -1.08. The first-order valence-electron chi connectivity index (χ1n) is 20.6. The number of pyridine rings is 2. The number of carboxylic acid groups (broad SMARTS) is 1. The van der Waals surface area contributed by atoms with Crippen molar-refractivity contribution in [3.63, 3.8) is 0 Å². The average molecular weight is 842 g/mol. The highest BCUT2D eigenvalue weighted by Gasteiger charge is 2.22. The SMILES string of the molecule is CCc1c(-c2ccc(OCCOCCOCCOCCOCCOc3ccc(C)c4nc(-c5oc6ccccc6c5C)cc(C(=O)O)c34)cc2)cnc(N)c1-c1ccc(O)cc1.